The van der Waals surface area contributed by atoms with Gasteiger partial charge in [-0.05, 0) is 24.6 Å². The number of sulfonamides is 1. The molecule has 3 N–H and O–H groups in total. The van der Waals surface area contributed by atoms with Crippen molar-refractivity contribution in [2.24, 2.45) is 0 Å². The number of amides is 2. The fraction of sp³-hybridized carbons (Fsp3) is 0.227. The van der Waals surface area contributed by atoms with Crippen molar-refractivity contribution in [3.63, 3.8) is 0 Å². The van der Waals surface area contributed by atoms with E-state index in [-0.39, 0.29) is 29.1 Å². The lowest BCUT2D eigenvalue weighted by molar-refractivity contribution is -0.139. The van der Waals surface area contributed by atoms with Crippen LogP contribution in [0.1, 0.15) is 28.9 Å². The first kappa shape index (κ1) is 23.8. The van der Waals surface area contributed by atoms with Gasteiger partial charge in [0.25, 0.3) is 0 Å². The second kappa shape index (κ2) is 10.2. The Balaban J connectivity index is 1.92. The van der Waals surface area contributed by atoms with Crippen LogP contribution in [0.15, 0.2) is 65.9 Å². The van der Waals surface area contributed by atoms with Crippen molar-refractivity contribution in [3.8, 4) is 0 Å². The van der Waals surface area contributed by atoms with E-state index in [0.29, 0.717) is 5.56 Å². The van der Waals surface area contributed by atoms with E-state index < -0.39 is 40.6 Å². The molecule has 0 fully saturated rings. The second-order valence-corrected chi connectivity index (χ2v) is 8.80. The molecule has 3 rings (SSSR count). The molecule has 0 saturated carbocycles. The highest BCUT2D eigenvalue weighted by Gasteiger charge is 2.34. The zero-order valence-electron chi connectivity index (χ0n) is 18.0. The molecule has 1 aliphatic rings. The molecule has 2 amide bonds. The SMILES string of the molecule is CCOC(=O)C1=C(COC(=O)c2ccccc2NS(C)(=O)=O)NC(=O)NC1c1ccccc1. The highest BCUT2D eigenvalue weighted by Crippen LogP contribution is 2.28. The number of hydrogen-bond donors (Lipinski definition) is 3. The molecule has 0 spiro atoms. The standard InChI is InChI=1S/C22H23N3O7S/c1-3-31-21(27)18-17(23-22(28)24-19(18)14-9-5-4-6-10-14)13-32-20(26)15-11-7-8-12-16(15)25-33(2,29)30/h4-12,19,25H,3,13H2,1-2H3,(H2,23,24,28). The summed E-state index contributed by atoms with van der Waals surface area (Å²) in [6.07, 6.45) is 0.958. The van der Waals surface area contributed by atoms with Crippen molar-refractivity contribution in [2.45, 2.75) is 13.0 Å². The Labute approximate surface area is 191 Å². The van der Waals surface area contributed by atoms with Gasteiger partial charge in [0, 0.05) is 0 Å². The van der Waals surface area contributed by atoms with Gasteiger partial charge in [-0.2, -0.15) is 0 Å². The number of nitrogens with one attached hydrogen (secondary N) is 3. The zero-order valence-corrected chi connectivity index (χ0v) is 18.8. The van der Waals surface area contributed by atoms with Gasteiger partial charge >= 0.3 is 18.0 Å². The van der Waals surface area contributed by atoms with Crippen molar-refractivity contribution in [3.05, 3.63) is 77.0 Å². The number of rotatable bonds is 8. The van der Waals surface area contributed by atoms with Gasteiger partial charge in [-0.15, -0.1) is 0 Å². The van der Waals surface area contributed by atoms with Gasteiger partial charge in [0.05, 0.1) is 41.4 Å². The van der Waals surface area contributed by atoms with Crippen molar-refractivity contribution in [1.29, 1.82) is 0 Å². The smallest absolute Gasteiger partial charge is 0.340 e. The molecule has 11 heteroatoms. The van der Waals surface area contributed by atoms with E-state index in [1.165, 1.54) is 12.1 Å². The minimum atomic E-state index is -3.63. The summed E-state index contributed by atoms with van der Waals surface area (Å²) in [5.41, 5.74) is 0.815. The summed E-state index contributed by atoms with van der Waals surface area (Å²) < 4.78 is 35.9. The van der Waals surface area contributed by atoms with E-state index >= 15 is 0 Å². The minimum Gasteiger partial charge on any atom is -0.463 e. The summed E-state index contributed by atoms with van der Waals surface area (Å²) in [5.74, 6) is -1.52. The molecule has 33 heavy (non-hydrogen) atoms. The number of carbonyl (C=O) groups is 3. The van der Waals surface area contributed by atoms with Gasteiger partial charge in [0.1, 0.15) is 6.61 Å². The first-order chi connectivity index (χ1) is 15.7. The van der Waals surface area contributed by atoms with Crippen LogP contribution < -0.4 is 15.4 Å². The second-order valence-electron chi connectivity index (χ2n) is 7.05. The lowest BCUT2D eigenvalue weighted by atomic mass is 9.95. The Morgan fingerprint density at radius 1 is 1.00 bits per heavy atom. The normalized spacial score (nSPS) is 15.8. The van der Waals surface area contributed by atoms with Crippen LogP contribution in [0, 0.1) is 0 Å². The van der Waals surface area contributed by atoms with Crippen molar-refractivity contribution in [2.75, 3.05) is 24.2 Å². The molecular weight excluding hydrogens is 450 g/mol. The number of para-hydroxylation sites is 1. The van der Waals surface area contributed by atoms with Gasteiger partial charge < -0.3 is 20.1 Å². The molecule has 174 valence electrons. The zero-order chi connectivity index (χ0) is 24.0. The van der Waals surface area contributed by atoms with Crippen LogP contribution in [0.2, 0.25) is 0 Å². The summed E-state index contributed by atoms with van der Waals surface area (Å²) in [5, 5.41) is 5.19. The maximum Gasteiger partial charge on any atom is 0.340 e. The molecule has 1 atom stereocenters. The van der Waals surface area contributed by atoms with Crippen LogP contribution in [0.25, 0.3) is 0 Å². The molecule has 2 aromatic carbocycles. The molecule has 0 aromatic heterocycles. The molecular formula is C22H23N3O7S. The molecule has 1 heterocycles. The van der Waals surface area contributed by atoms with E-state index in [4.69, 9.17) is 9.47 Å². The molecule has 2 aromatic rings. The molecule has 0 bridgehead atoms. The third-order valence-corrected chi connectivity index (χ3v) is 5.16. The first-order valence-electron chi connectivity index (χ1n) is 9.96. The summed E-state index contributed by atoms with van der Waals surface area (Å²) in [7, 11) is -3.63. The number of urea groups is 1. The summed E-state index contributed by atoms with van der Waals surface area (Å²) in [6, 6.07) is 13.3. The quantitative estimate of drug-likeness (QED) is 0.499. The van der Waals surface area contributed by atoms with Crippen LogP contribution in [-0.2, 0) is 24.3 Å². The lowest BCUT2D eigenvalue weighted by Gasteiger charge is -2.29. The molecule has 0 aliphatic carbocycles. The third kappa shape index (κ3) is 6.10. The predicted octanol–water partition coefficient (Wildman–Crippen LogP) is 2.09. The summed E-state index contributed by atoms with van der Waals surface area (Å²) >= 11 is 0. The first-order valence-corrected chi connectivity index (χ1v) is 11.8. The van der Waals surface area contributed by atoms with Gasteiger partial charge in [-0.25, -0.2) is 22.8 Å². The maximum atomic E-state index is 12.7. The van der Waals surface area contributed by atoms with E-state index in [0.717, 1.165) is 6.26 Å². The van der Waals surface area contributed by atoms with Crippen molar-refractivity contribution < 1.29 is 32.3 Å². The Kier molecular flexibility index (Phi) is 7.34. The maximum absolute atomic E-state index is 12.7. The monoisotopic (exact) mass is 473 g/mol. The van der Waals surface area contributed by atoms with Crippen LogP contribution in [-0.4, -0.2) is 45.9 Å². The number of esters is 2. The summed E-state index contributed by atoms with van der Waals surface area (Å²) in [4.78, 5) is 37.7. The van der Waals surface area contributed by atoms with Gasteiger partial charge in [0.2, 0.25) is 10.0 Å². The molecule has 1 unspecified atom stereocenters. The third-order valence-electron chi connectivity index (χ3n) is 4.57. The number of benzene rings is 2. The van der Waals surface area contributed by atoms with Crippen LogP contribution in [0.5, 0.6) is 0 Å². The van der Waals surface area contributed by atoms with Gasteiger partial charge in [-0.3, -0.25) is 4.72 Å². The van der Waals surface area contributed by atoms with Crippen LogP contribution >= 0.6 is 0 Å². The van der Waals surface area contributed by atoms with Gasteiger partial charge in [-0.1, -0.05) is 42.5 Å². The Hall–Kier alpha value is -3.86. The topological polar surface area (TPSA) is 140 Å². The average molecular weight is 474 g/mol. The van der Waals surface area contributed by atoms with Crippen molar-refractivity contribution in [1.82, 2.24) is 10.6 Å². The molecule has 1 aliphatic heterocycles. The fourth-order valence-electron chi connectivity index (χ4n) is 3.24. The number of ether oxygens (including phenoxy) is 2. The Morgan fingerprint density at radius 2 is 1.67 bits per heavy atom. The van der Waals surface area contributed by atoms with Crippen molar-refractivity contribution >= 4 is 33.7 Å². The lowest BCUT2D eigenvalue weighted by Crippen LogP contribution is -2.47. The van der Waals surface area contributed by atoms with E-state index in [1.807, 2.05) is 0 Å². The number of carbonyl (C=O) groups excluding carboxylic acids is 3. The molecule has 10 nitrogen and oxygen atoms in total. The highest BCUT2D eigenvalue weighted by molar-refractivity contribution is 7.92. The van der Waals surface area contributed by atoms with Gasteiger partial charge in [0.15, 0.2) is 0 Å². The molecule has 0 saturated heterocycles. The van der Waals surface area contributed by atoms with E-state index in [2.05, 4.69) is 15.4 Å². The highest BCUT2D eigenvalue weighted by atomic mass is 32.2. The van der Waals surface area contributed by atoms with Crippen LogP contribution in [0.3, 0.4) is 0 Å². The average Bonchev–Trinajstić information content (AvgIpc) is 2.77. The van der Waals surface area contributed by atoms with E-state index in [9.17, 15) is 22.8 Å². The van der Waals surface area contributed by atoms with E-state index in [1.54, 1.807) is 49.4 Å². The fourth-order valence-corrected chi connectivity index (χ4v) is 3.82. The minimum absolute atomic E-state index is 0.0268. The van der Waals surface area contributed by atoms with Crippen LogP contribution in [0.4, 0.5) is 10.5 Å². The number of hydrogen-bond acceptors (Lipinski definition) is 7. The summed E-state index contributed by atoms with van der Waals surface area (Å²) in [6.45, 7) is 1.31. The Bertz CT molecular complexity index is 1190. The predicted molar refractivity (Wildman–Crippen MR) is 120 cm³/mol. The largest absolute Gasteiger partial charge is 0.463 e. The molecule has 0 radical (unpaired) electrons. The number of anilines is 1. The Morgan fingerprint density at radius 3 is 2.33 bits per heavy atom.